The Balaban J connectivity index is 1.64. The van der Waals surface area contributed by atoms with Crippen LogP contribution in [0.25, 0.3) is 27.5 Å². The lowest BCUT2D eigenvalue weighted by atomic mass is 9.80. The SMILES string of the molecule is CC(C)(C)c1cc(Nc2ccc3c(c2)c2ccccc2n3-c2ccccc2)cc(C(C)(C)C)c1. The second kappa shape index (κ2) is 8.06. The summed E-state index contributed by atoms with van der Waals surface area (Å²) in [6.07, 6.45) is 0. The molecule has 0 aliphatic heterocycles. The molecular formula is C32H34N2. The fourth-order valence-corrected chi connectivity index (χ4v) is 4.64. The molecule has 1 heterocycles. The van der Waals surface area contributed by atoms with Gasteiger partial charge in [0.15, 0.2) is 0 Å². The van der Waals surface area contributed by atoms with Crippen molar-refractivity contribution < 1.29 is 0 Å². The van der Waals surface area contributed by atoms with E-state index in [1.54, 1.807) is 0 Å². The molecule has 4 aromatic carbocycles. The molecule has 0 aliphatic carbocycles. The van der Waals surface area contributed by atoms with Crippen molar-refractivity contribution in [3.63, 3.8) is 0 Å². The molecule has 0 saturated heterocycles. The monoisotopic (exact) mass is 446 g/mol. The maximum absolute atomic E-state index is 3.73. The molecule has 2 nitrogen and oxygen atoms in total. The minimum Gasteiger partial charge on any atom is -0.355 e. The van der Waals surface area contributed by atoms with Gasteiger partial charge in [-0.2, -0.15) is 0 Å². The average Bonchev–Trinajstić information content (AvgIpc) is 3.12. The van der Waals surface area contributed by atoms with Crippen LogP contribution in [0.15, 0.2) is 91.0 Å². The summed E-state index contributed by atoms with van der Waals surface area (Å²) in [4.78, 5) is 0. The van der Waals surface area contributed by atoms with Crippen LogP contribution in [-0.2, 0) is 10.8 Å². The Morgan fingerprint density at radius 3 is 1.76 bits per heavy atom. The molecule has 172 valence electrons. The molecule has 0 unspecified atom stereocenters. The first-order chi connectivity index (χ1) is 16.1. The van der Waals surface area contributed by atoms with Gasteiger partial charge in [0.25, 0.3) is 0 Å². The van der Waals surface area contributed by atoms with E-state index in [9.17, 15) is 0 Å². The molecular weight excluding hydrogens is 412 g/mol. The lowest BCUT2D eigenvalue weighted by Crippen LogP contribution is -2.16. The Kier molecular flexibility index (Phi) is 5.28. The summed E-state index contributed by atoms with van der Waals surface area (Å²) in [5, 5.41) is 6.25. The summed E-state index contributed by atoms with van der Waals surface area (Å²) in [7, 11) is 0. The lowest BCUT2D eigenvalue weighted by molar-refractivity contribution is 0.569. The quantitative estimate of drug-likeness (QED) is 0.292. The Morgan fingerprint density at radius 2 is 1.12 bits per heavy atom. The third kappa shape index (κ3) is 4.09. The summed E-state index contributed by atoms with van der Waals surface area (Å²) in [5.41, 5.74) is 8.76. The van der Waals surface area contributed by atoms with E-state index in [2.05, 4.69) is 142 Å². The van der Waals surface area contributed by atoms with Crippen molar-refractivity contribution in [1.82, 2.24) is 4.57 Å². The van der Waals surface area contributed by atoms with E-state index < -0.39 is 0 Å². The number of fused-ring (bicyclic) bond motifs is 3. The number of anilines is 2. The van der Waals surface area contributed by atoms with Gasteiger partial charge >= 0.3 is 0 Å². The van der Waals surface area contributed by atoms with E-state index in [0.717, 1.165) is 11.4 Å². The van der Waals surface area contributed by atoms with E-state index in [4.69, 9.17) is 0 Å². The summed E-state index contributed by atoms with van der Waals surface area (Å²) >= 11 is 0. The molecule has 2 heteroatoms. The Hall–Kier alpha value is -3.52. The van der Waals surface area contributed by atoms with Gasteiger partial charge in [0.2, 0.25) is 0 Å². The van der Waals surface area contributed by atoms with Crippen LogP contribution >= 0.6 is 0 Å². The van der Waals surface area contributed by atoms with Crippen molar-refractivity contribution in [1.29, 1.82) is 0 Å². The Bertz CT molecular complexity index is 1440. The summed E-state index contributed by atoms with van der Waals surface area (Å²) in [6.45, 7) is 13.7. The predicted molar refractivity (Wildman–Crippen MR) is 148 cm³/mol. The van der Waals surface area contributed by atoms with Crippen LogP contribution in [0.2, 0.25) is 0 Å². The molecule has 34 heavy (non-hydrogen) atoms. The molecule has 0 amide bonds. The molecule has 0 bridgehead atoms. The van der Waals surface area contributed by atoms with Gasteiger partial charge in [0, 0.05) is 27.8 Å². The van der Waals surface area contributed by atoms with Crippen LogP contribution in [0.1, 0.15) is 52.7 Å². The highest BCUT2D eigenvalue weighted by atomic mass is 15.0. The highest BCUT2D eigenvalue weighted by Gasteiger charge is 2.21. The number of aromatic nitrogens is 1. The molecule has 5 rings (SSSR count). The number of para-hydroxylation sites is 2. The molecule has 0 atom stereocenters. The van der Waals surface area contributed by atoms with E-state index in [1.165, 1.54) is 38.6 Å². The Labute approximate surface area is 203 Å². The second-order valence-corrected chi connectivity index (χ2v) is 11.3. The van der Waals surface area contributed by atoms with Gasteiger partial charge in [-0.3, -0.25) is 0 Å². The maximum atomic E-state index is 3.73. The minimum absolute atomic E-state index is 0.0880. The molecule has 0 saturated carbocycles. The number of nitrogens with one attached hydrogen (secondary N) is 1. The molecule has 0 fully saturated rings. The molecule has 1 aromatic heterocycles. The largest absolute Gasteiger partial charge is 0.355 e. The molecule has 5 aromatic rings. The fourth-order valence-electron chi connectivity index (χ4n) is 4.64. The van der Waals surface area contributed by atoms with Crippen molar-refractivity contribution in [2.24, 2.45) is 0 Å². The van der Waals surface area contributed by atoms with Crippen LogP contribution in [0, 0.1) is 0 Å². The van der Waals surface area contributed by atoms with Gasteiger partial charge in [-0.05, 0) is 70.5 Å². The first-order valence-electron chi connectivity index (χ1n) is 12.1. The van der Waals surface area contributed by atoms with Crippen LogP contribution in [-0.4, -0.2) is 4.57 Å². The number of hydrogen-bond acceptors (Lipinski definition) is 1. The average molecular weight is 447 g/mol. The van der Waals surface area contributed by atoms with Gasteiger partial charge in [-0.1, -0.05) is 84.0 Å². The predicted octanol–water partition coefficient (Wildman–Crippen LogP) is 9.12. The van der Waals surface area contributed by atoms with Crippen LogP contribution in [0.4, 0.5) is 11.4 Å². The number of hydrogen-bond donors (Lipinski definition) is 1. The third-order valence-electron chi connectivity index (χ3n) is 6.64. The van der Waals surface area contributed by atoms with Crippen LogP contribution < -0.4 is 5.32 Å². The minimum atomic E-state index is 0.0880. The fraction of sp³-hybridized carbons (Fsp3) is 0.250. The number of nitrogens with zero attached hydrogens (tertiary/aromatic N) is 1. The standard InChI is InChI=1S/C32H34N2/c1-31(2,3)22-18-23(32(4,5)6)20-25(19-22)33-24-16-17-30-28(21-24)27-14-10-11-15-29(27)34(30)26-12-8-7-9-13-26/h7-21,33H,1-6H3. The van der Waals surface area contributed by atoms with Crippen LogP contribution in [0.3, 0.4) is 0 Å². The number of benzene rings is 4. The van der Waals surface area contributed by atoms with Gasteiger partial charge < -0.3 is 9.88 Å². The first kappa shape index (κ1) is 22.3. The highest BCUT2D eigenvalue weighted by Crippen LogP contribution is 2.36. The normalized spacial score (nSPS) is 12.4. The van der Waals surface area contributed by atoms with Gasteiger partial charge in [-0.25, -0.2) is 0 Å². The molecule has 1 N–H and O–H groups in total. The van der Waals surface area contributed by atoms with E-state index in [1.807, 2.05) is 0 Å². The van der Waals surface area contributed by atoms with E-state index in [0.29, 0.717) is 0 Å². The summed E-state index contributed by atoms with van der Waals surface area (Å²) in [6, 6.07) is 33.0. The van der Waals surface area contributed by atoms with Gasteiger partial charge in [0.05, 0.1) is 11.0 Å². The molecule has 0 spiro atoms. The second-order valence-electron chi connectivity index (χ2n) is 11.3. The summed E-state index contributed by atoms with van der Waals surface area (Å²) < 4.78 is 2.35. The highest BCUT2D eigenvalue weighted by molar-refractivity contribution is 6.10. The van der Waals surface area contributed by atoms with Crippen molar-refractivity contribution in [3.8, 4) is 5.69 Å². The van der Waals surface area contributed by atoms with E-state index >= 15 is 0 Å². The van der Waals surface area contributed by atoms with Crippen molar-refractivity contribution in [2.45, 2.75) is 52.4 Å². The zero-order valence-electron chi connectivity index (χ0n) is 21.1. The van der Waals surface area contributed by atoms with E-state index in [-0.39, 0.29) is 10.8 Å². The topological polar surface area (TPSA) is 17.0 Å². The first-order valence-corrected chi connectivity index (χ1v) is 12.1. The zero-order valence-corrected chi connectivity index (χ0v) is 21.1. The summed E-state index contributed by atoms with van der Waals surface area (Å²) in [5.74, 6) is 0. The Morgan fingerprint density at radius 1 is 0.529 bits per heavy atom. The van der Waals surface area contributed by atoms with Crippen molar-refractivity contribution in [2.75, 3.05) is 5.32 Å². The van der Waals surface area contributed by atoms with Gasteiger partial charge in [-0.15, -0.1) is 0 Å². The van der Waals surface area contributed by atoms with Crippen molar-refractivity contribution >= 4 is 33.2 Å². The third-order valence-corrected chi connectivity index (χ3v) is 6.64. The zero-order chi connectivity index (χ0) is 24.1. The van der Waals surface area contributed by atoms with Gasteiger partial charge in [0.1, 0.15) is 0 Å². The lowest BCUT2D eigenvalue weighted by Gasteiger charge is -2.26. The molecule has 0 radical (unpaired) electrons. The number of rotatable bonds is 3. The molecule has 0 aliphatic rings. The smallest absolute Gasteiger partial charge is 0.0542 e. The van der Waals surface area contributed by atoms with Crippen molar-refractivity contribution in [3.05, 3.63) is 102 Å². The maximum Gasteiger partial charge on any atom is 0.0542 e. The van der Waals surface area contributed by atoms with Crippen LogP contribution in [0.5, 0.6) is 0 Å².